The number of benzene rings is 1. The summed E-state index contributed by atoms with van der Waals surface area (Å²) in [6, 6.07) is 5.07. The minimum atomic E-state index is -0.289. The lowest BCUT2D eigenvalue weighted by Crippen LogP contribution is -2.21. The van der Waals surface area contributed by atoms with Gasteiger partial charge in [0, 0.05) is 23.1 Å². The zero-order chi connectivity index (χ0) is 12.8. The number of hydrogen-bond acceptors (Lipinski definition) is 2. The van der Waals surface area contributed by atoms with Crippen LogP contribution in [0.25, 0.3) is 0 Å². The summed E-state index contributed by atoms with van der Waals surface area (Å²) in [5, 5.41) is 3.23. The van der Waals surface area contributed by atoms with E-state index >= 15 is 0 Å². The van der Waals surface area contributed by atoms with Gasteiger partial charge in [-0.3, -0.25) is 0 Å². The predicted molar refractivity (Wildman–Crippen MR) is 71.9 cm³/mol. The predicted octanol–water partition coefficient (Wildman–Crippen LogP) is 3.61. The first-order chi connectivity index (χ1) is 7.97. The first-order valence-electron chi connectivity index (χ1n) is 5.46. The van der Waals surface area contributed by atoms with Crippen LogP contribution in [0.1, 0.15) is 19.4 Å². The second kappa shape index (κ2) is 6.77. The van der Waals surface area contributed by atoms with Gasteiger partial charge in [-0.05, 0) is 17.7 Å². The van der Waals surface area contributed by atoms with Crippen molar-refractivity contribution in [2.24, 2.45) is 0 Å². The van der Waals surface area contributed by atoms with Crippen molar-refractivity contribution >= 4 is 15.9 Å². The van der Waals surface area contributed by atoms with Crippen molar-refractivity contribution in [3.8, 4) is 5.75 Å². The van der Waals surface area contributed by atoms with Gasteiger partial charge in [-0.1, -0.05) is 36.4 Å². The Kier molecular flexibility index (Phi) is 5.65. The van der Waals surface area contributed by atoms with Crippen molar-refractivity contribution in [2.45, 2.75) is 26.4 Å². The fourth-order valence-electron chi connectivity index (χ4n) is 1.29. The molecule has 0 atom stereocenters. The SMILES string of the molecule is C=C(Br)COc1cc(F)cc(CNC(C)C)c1. The number of halogens is 2. The second-order valence-corrected chi connectivity index (χ2v) is 5.26. The van der Waals surface area contributed by atoms with Gasteiger partial charge in [0.25, 0.3) is 0 Å². The Morgan fingerprint density at radius 1 is 1.47 bits per heavy atom. The molecular formula is C13H17BrFNO. The quantitative estimate of drug-likeness (QED) is 0.867. The van der Waals surface area contributed by atoms with E-state index in [-0.39, 0.29) is 5.82 Å². The molecule has 0 spiro atoms. The maximum absolute atomic E-state index is 13.3. The third kappa shape index (κ3) is 5.84. The van der Waals surface area contributed by atoms with Crippen molar-refractivity contribution < 1.29 is 9.13 Å². The van der Waals surface area contributed by atoms with Gasteiger partial charge in [0.1, 0.15) is 18.2 Å². The van der Waals surface area contributed by atoms with Crippen LogP contribution in [0.3, 0.4) is 0 Å². The highest BCUT2D eigenvalue weighted by molar-refractivity contribution is 9.11. The molecule has 0 saturated carbocycles. The van der Waals surface area contributed by atoms with Crippen LogP contribution in [0, 0.1) is 5.82 Å². The average Bonchev–Trinajstić information content (AvgIpc) is 2.23. The van der Waals surface area contributed by atoms with Crippen LogP contribution in [0.15, 0.2) is 29.3 Å². The van der Waals surface area contributed by atoms with Gasteiger partial charge in [0.2, 0.25) is 0 Å². The van der Waals surface area contributed by atoms with E-state index in [0.29, 0.717) is 24.9 Å². The number of hydrogen-bond donors (Lipinski definition) is 1. The van der Waals surface area contributed by atoms with E-state index in [9.17, 15) is 4.39 Å². The van der Waals surface area contributed by atoms with Gasteiger partial charge in [0.05, 0.1) is 0 Å². The summed E-state index contributed by atoms with van der Waals surface area (Å²) in [5.41, 5.74) is 0.869. The van der Waals surface area contributed by atoms with Crippen LogP contribution < -0.4 is 10.1 Å². The molecule has 2 nitrogen and oxygen atoms in total. The van der Waals surface area contributed by atoms with Crippen molar-refractivity contribution in [3.63, 3.8) is 0 Å². The zero-order valence-corrected chi connectivity index (χ0v) is 11.7. The molecule has 1 N–H and O–H groups in total. The zero-order valence-electron chi connectivity index (χ0n) is 10.1. The van der Waals surface area contributed by atoms with Crippen molar-refractivity contribution in [1.82, 2.24) is 5.32 Å². The lowest BCUT2D eigenvalue weighted by molar-refractivity contribution is 0.358. The molecular weight excluding hydrogens is 285 g/mol. The van der Waals surface area contributed by atoms with Crippen molar-refractivity contribution in [1.29, 1.82) is 0 Å². The summed E-state index contributed by atoms with van der Waals surface area (Å²) >= 11 is 3.19. The molecule has 0 aliphatic heterocycles. The lowest BCUT2D eigenvalue weighted by atomic mass is 10.2. The largest absolute Gasteiger partial charge is 0.488 e. The van der Waals surface area contributed by atoms with E-state index in [4.69, 9.17) is 4.74 Å². The van der Waals surface area contributed by atoms with Gasteiger partial charge in [0.15, 0.2) is 0 Å². The third-order valence-electron chi connectivity index (χ3n) is 2.04. The Morgan fingerprint density at radius 3 is 2.76 bits per heavy atom. The van der Waals surface area contributed by atoms with Crippen LogP contribution in [0.2, 0.25) is 0 Å². The topological polar surface area (TPSA) is 21.3 Å². The van der Waals surface area contributed by atoms with E-state index in [1.54, 1.807) is 0 Å². The molecule has 17 heavy (non-hydrogen) atoms. The summed E-state index contributed by atoms with van der Waals surface area (Å²) in [6.45, 7) is 8.71. The molecule has 0 bridgehead atoms. The summed E-state index contributed by atoms with van der Waals surface area (Å²) in [4.78, 5) is 0. The normalized spacial score (nSPS) is 10.6. The fraction of sp³-hybridized carbons (Fsp3) is 0.385. The van der Waals surface area contributed by atoms with E-state index in [0.717, 1.165) is 10.0 Å². The molecule has 4 heteroatoms. The molecule has 0 aliphatic rings. The Morgan fingerprint density at radius 2 is 2.18 bits per heavy atom. The summed E-state index contributed by atoms with van der Waals surface area (Å²) in [7, 11) is 0. The molecule has 0 aliphatic carbocycles. The summed E-state index contributed by atoms with van der Waals surface area (Å²) in [5.74, 6) is 0.231. The highest BCUT2D eigenvalue weighted by Crippen LogP contribution is 2.17. The molecule has 1 aromatic rings. The fourth-order valence-corrected chi connectivity index (χ4v) is 1.40. The lowest BCUT2D eigenvalue weighted by Gasteiger charge is -2.10. The third-order valence-corrected chi connectivity index (χ3v) is 2.27. The number of rotatable bonds is 6. The number of ether oxygens (including phenoxy) is 1. The molecule has 0 radical (unpaired) electrons. The smallest absolute Gasteiger partial charge is 0.127 e. The Labute approximate surface area is 110 Å². The van der Waals surface area contributed by atoms with Crippen LogP contribution in [0.5, 0.6) is 5.75 Å². The van der Waals surface area contributed by atoms with E-state index in [2.05, 4.69) is 27.8 Å². The van der Waals surface area contributed by atoms with Crippen molar-refractivity contribution in [2.75, 3.05) is 6.61 Å². The highest BCUT2D eigenvalue weighted by atomic mass is 79.9. The van der Waals surface area contributed by atoms with Crippen LogP contribution in [-0.4, -0.2) is 12.6 Å². The second-order valence-electron chi connectivity index (χ2n) is 4.14. The first-order valence-corrected chi connectivity index (χ1v) is 6.25. The highest BCUT2D eigenvalue weighted by Gasteiger charge is 2.03. The average molecular weight is 302 g/mol. The molecule has 0 saturated heterocycles. The van der Waals surface area contributed by atoms with E-state index in [1.807, 2.05) is 19.9 Å². The van der Waals surface area contributed by atoms with Crippen LogP contribution in [-0.2, 0) is 6.54 Å². The Balaban J connectivity index is 2.68. The van der Waals surface area contributed by atoms with E-state index in [1.165, 1.54) is 12.1 Å². The van der Waals surface area contributed by atoms with Gasteiger partial charge in [-0.2, -0.15) is 0 Å². The Bertz CT molecular complexity index is 393. The molecule has 0 unspecified atom stereocenters. The molecule has 0 heterocycles. The minimum Gasteiger partial charge on any atom is -0.488 e. The molecule has 1 aromatic carbocycles. The Hall–Kier alpha value is -0.870. The molecule has 0 amide bonds. The van der Waals surface area contributed by atoms with Crippen molar-refractivity contribution in [3.05, 3.63) is 40.6 Å². The minimum absolute atomic E-state index is 0.289. The molecule has 1 rings (SSSR count). The first kappa shape index (κ1) is 14.2. The summed E-state index contributed by atoms with van der Waals surface area (Å²) in [6.07, 6.45) is 0. The van der Waals surface area contributed by atoms with Gasteiger partial charge < -0.3 is 10.1 Å². The van der Waals surface area contributed by atoms with Gasteiger partial charge in [-0.25, -0.2) is 4.39 Å². The van der Waals surface area contributed by atoms with E-state index < -0.39 is 0 Å². The van der Waals surface area contributed by atoms with Gasteiger partial charge in [-0.15, -0.1) is 0 Å². The standard InChI is InChI=1S/C13H17BrFNO/c1-9(2)16-7-11-4-12(15)6-13(5-11)17-8-10(3)14/h4-6,9,16H,3,7-8H2,1-2H3. The maximum atomic E-state index is 13.3. The maximum Gasteiger partial charge on any atom is 0.127 e. The number of nitrogens with one attached hydrogen (secondary N) is 1. The molecule has 94 valence electrons. The van der Waals surface area contributed by atoms with Gasteiger partial charge >= 0.3 is 0 Å². The molecule has 0 fully saturated rings. The molecule has 0 aromatic heterocycles. The van der Waals surface area contributed by atoms with Crippen LogP contribution in [0.4, 0.5) is 4.39 Å². The van der Waals surface area contributed by atoms with Crippen LogP contribution >= 0.6 is 15.9 Å². The monoisotopic (exact) mass is 301 g/mol. The summed E-state index contributed by atoms with van der Waals surface area (Å²) < 4.78 is 19.4.